The predicted molar refractivity (Wildman–Crippen MR) is 101 cm³/mol. The van der Waals surface area contributed by atoms with Gasteiger partial charge in [-0.25, -0.2) is 0 Å². The molecule has 7 heteroatoms. The highest BCUT2D eigenvalue weighted by Gasteiger charge is 2.23. The zero-order chi connectivity index (χ0) is 18.5. The Hall–Kier alpha value is -2.38. The molecule has 0 aliphatic heterocycles. The molecular formula is C19H21N3O3S. The summed E-state index contributed by atoms with van der Waals surface area (Å²) in [5.41, 5.74) is 6.16. The van der Waals surface area contributed by atoms with Crippen LogP contribution in [0.2, 0.25) is 0 Å². The van der Waals surface area contributed by atoms with Crippen molar-refractivity contribution in [1.29, 1.82) is 0 Å². The van der Waals surface area contributed by atoms with E-state index in [1.54, 1.807) is 6.07 Å². The van der Waals surface area contributed by atoms with Crippen LogP contribution in [0.1, 0.15) is 36.0 Å². The van der Waals surface area contributed by atoms with E-state index in [9.17, 15) is 14.9 Å². The average Bonchev–Trinajstić information content (AvgIpc) is 2.64. The van der Waals surface area contributed by atoms with Crippen molar-refractivity contribution in [3.05, 3.63) is 64.2 Å². The first-order valence-corrected chi connectivity index (χ1v) is 9.42. The van der Waals surface area contributed by atoms with Crippen LogP contribution in [0.5, 0.6) is 0 Å². The van der Waals surface area contributed by atoms with Crippen molar-refractivity contribution in [3.63, 3.8) is 0 Å². The maximum atomic E-state index is 12.8. The predicted octanol–water partition coefficient (Wildman–Crippen LogP) is 3.75. The van der Waals surface area contributed by atoms with E-state index < -0.39 is 4.92 Å². The van der Waals surface area contributed by atoms with Crippen molar-refractivity contribution < 1.29 is 9.72 Å². The Morgan fingerprint density at radius 2 is 1.81 bits per heavy atom. The molecule has 1 saturated carbocycles. The highest BCUT2D eigenvalue weighted by Crippen LogP contribution is 2.32. The third-order valence-electron chi connectivity index (χ3n) is 4.50. The van der Waals surface area contributed by atoms with Gasteiger partial charge in [-0.1, -0.05) is 30.0 Å². The minimum Gasteiger partial charge on any atom is -0.349 e. The molecule has 0 spiro atoms. The summed E-state index contributed by atoms with van der Waals surface area (Å²) in [5, 5.41) is 14.1. The Kier molecular flexibility index (Phi) is 5.90. The number of non-ortho nitro benzene ring substituents is 1. The standard InChI is InChI=1S/C19H21N3O3S/c20-13-6-8-14(9-7-13)21-19(23)17-12-15(22(24)25)10-11-18(17)26-16-4-2-1-3-5-16/h1-5,10-14H,6-9,20H2,(H,21,23). The molecule has 0 saturated heterocycles. The molecule has 0 unspecified atom stereocenters. The van der Waals surface area contributed by atoms with Crippen LogP contribution >= 0.6 is 11.8 Å². The third kappa shape index (κ3) is 4.62. The van der Waals surface area contributed by atoms with Crippen LogP contribution < -0.4 is 11.1 Å². The van der Waals surface area contributed by atoms with Gasteiger partial charge in [0.2, 0.25) is 0 Å². The number of carbonyl (C=O) groups excluding carboxylic acids is 1. The number of hydrogen-bond donors (Lipinski definition) is 2. The second-order valence-corrected chi connectivity index (χ2v) is 7.55. The number of nitro groups is 1. The topological polar surface area (TPSA) is 98.3 Å². The number of nitrogens with one attached hydrogen (secondary N) is 1. The maximum Gasteiger partial charge on any atom is 0.270 e. The Morgan fingerprint density at radius 3 is 2.46 bits per heavy atom. The van der Waals surface area contributed by atoms with Gasteiger partial charge in [-0.05, 0) is 43.9 Å². The Bertz CT molecular complexity index is 790. The third-order valence-corrected chi connectivity index (χ3v) is 5.58. The number of rotatable bonds is 5. The van der Waals surface area contributed by atoms with Gasteiger partial charge < -0.3 is 11.1 Å². The molecule has 2 aromatic rings. The minimum atomic E-state index is -0.479. The van der Waals surface area contributed by atoms with E-state index in [2.05, 4.69) is 5.32 Å². The van der Waals surface area contributed by atoms with Gasteiger partial charge in [0.1, 0.15) is 0 Å². The first kappa shape index (κ1) is 18.4. The lowest BCUT2D eigenvalue weighted by molar-refractivity contribution is -0.384. The zero-order valence-electron chi connectivity index (χ0n) is 14.3. The van der Waals surface area contributed by atoms with E-state index in [1.807, 2.05) is 30.3 Å². The summed E-state index contributed by atoms with van der Waals surface area (Å²) in [5.74, 6) is -0.271. The fourth-order valence-corrected chi connectivity index (χ4v) is 3.98. The second kappa shape index (κ2) is 8.33. The highest BCUT2D eigenvalue weighted by molar-refractivity contribution is 7.99. The number of hydrogen-bond acceptors (Lipinski definition) is 5. The monoisotopic (exact) mass is 371 g/mol. The number of benzene rings is 2. The van der Waals surface area contributed by atoms with E-state index in [0.29, 0.717) is 10.5 Å². The van der Waals surface area contributed by atoms with Crippen LogP contribution in [0.3, 0.4) is 0 Å². The van der Waals surface area contributed by atoms with E-state index in [-0.39, 0.29) is 23.7 Å². The first-order valence-electron chi connectivity index (χ1n) is 8.60. The van der Waals surface area contributed by atoms with Gasteiger partial charge in [0.25, 0.3) is 11.6 Å². The SMILES string of the molecule is NC1CCC(NC(=O)c2cc([N+](=O)[O-])ccc2Sc2ccccc2)CC1. The molecule has 2 aromatic carbocycles. The van der Waals surface area contributed by atoms with Gasteiger partial charge in [-0.3, -0.25) is 14.9 Å². The molecule has 136 valence electrons. The molecule has 3 N–H and O–H groups in total. The summed E-state index contributed by atoms with van der Waals surface area (Å²) in [6.07, 6.45) is 3.43. The molecule has 0 aromatic heterocycles. The molecule has 0 heterocycles. The van der Waals surface area contributed by atoms with E-state index >= 15 is 0 Å². The molecule has 3 rings (SSSR count). The zero-order valence-corrected chi connectivity index (χ0v) is 15.1. The summed E-state index contributed by atoms with van der Waals surface area (Å²) in [6, 6.07) is 14.3. The molecule has 1 aliphatic rings. The normalized spacial score (nSPS) is 19.7. The summed E-state index contributed by atoms with van der Waals surface area (Å²) in [4.78, 5) is 25.1. The van der Waals surface area contributed by atoms with Gasteiger partial charge in [0.15, 0.2) is 0 Å². The number of nitrogens with two attached hydrogens (primary N) is 1. The van der Waals surface area contributed by atoms with Crippen molar-refractivity contribution >= 4 is 23.4 Å². The quantitative estimate of drug-likeness (QED) is 0.616. The number of nitro benzene ring substituents is 1. The van der Waals surface area contributed by atoms with Gasteiger partial charge in [-0.2, -0.15) is 0 Å². The number of nitrogens with zero attached hydrogens (tertiary/aromatic N) is 1. The average molecular weight is 371 g/mol. The van der Waals surface area contributed by atoms with Crippen LogP contribution in [0.4, 0.5) is 5.69 Å². The van der Waals surface area contributed by atoms with Crippen molar-refractivity contribution in [3.8, 4) is 0 Å². The Balaban J connectivity index is 1.83. The lowest BCUT2D eigenvalue weighted by atomic mass is 9.91. The van der Waals surface area contributed by atoms with Crippen LogP contribution in [-0.2, 0) is 0 Å². The van der Waals surface area contributed by atoms with Crippen molar-refractivity contribution in [2.75, 3.05) is 0 Å². The summed E-state index contributed by atoms with van der Waals surface area (Å²) in [7, 11) is 0. The molecule has 0 radical (unpaired) electrons. The van der Waals surface area contributed by atoms with Gasteiger partial charge >= 0.3 is 0 Å². The smallest absolute Gasteiger partial charge is 0.270 e. The van der Waals surface area contributed by atoms with E-state index in [1.165, 1.54) is 23.9 Å². The van der Waals surface area contributed by atoms with Crippen LogP contribution in [0.25, 0.3) is 0 Å². The van der Waals surface area contributed by atoms with Crippen molar-refractivity contribution in [2.45, 2.75) is 47.6 Å². The lowest BCUT2D eigenvalue weighted by Crippen LogP contribution is -2.40. The molecule has 1 fully saturated rings. The minimum absolute atomic E-state index is 0.0659. The van der Waals surface area contributed by atoms with E-state index in [4.69, 9.17) is 5.73 Å². The maximum absolute atomic E-state index is 12.8. The van der Waals surface area contributed by atoms with Gasteiger partial charge in [0, 0.05) is 34.0 Å². The molecule has 1 aliphatic carbocycles. The Labute approximate surface area is 156 Å². The number of carbonyl (C=O) groups is 1. The first-order chi connectivity index (χ1) is 12.5. The van der Waals surface area contributed by atoms with Crippen LogP contribution in [-0.4, -0.2) is 22.9 Å². The lowest BCUT2D eigenvalue weighted by Gasteiger charge is -2.27. The summed E-state index contributed by atoms with van der Waals surface area (Å²) >= 11 is 1.42. The number of amides is 1. The highest BCUT2D eigenvalue weighted by atomic mass is 32.2. The fourth-order valence-electron chi connectivity index (χ4n) is 3.04. The molecule has 0 bridgehead atoms. The van der Waals surface area contributed by atoms with Crippen molar-refractivity contribution in [1.82, 2.24) is 5.32 Å². The van der Waals surface area contributed by atoms with Gasteiger partial charge in [-0.15, -0.1) is 0 Å². The summed E-state index contributed by atoms with van der Waals surface area (Å²) in [6.45, 7) is 0. The van der Waals surface area contributed by atoms with E-state index in [0.717, 1.165) is 30.6 Å². The fraction of sp³-hybridized carbons (Fsp3) is 0.316. The molecule has 26 heavy (non-hydrogen) atoms. The van der Waals surface area contributed by atoms with Gasteiger partial charge in [0.05, 0.1) is 10.5 Å². The molecule has 6 nitrogen and oxygen atoms in total. The van der Waals surface area contributed by atoms with Crippen LogP contribution in [0, 0.1) is 10.1 Å². The van der Waals surface area contributed by atoms with Crippen LogP contribution in [0.15, 0.2) is 58.3 Å². The largest absolute Gasteiger partial charge is 0.349 e. The Morgan fingerprint density at radius 1 is 1.12 bits per heavy atom. The van der Waals surface area contributed by atoms with Crippen molar-refractivity contribution in [2.24, 2.45) is 5.73 Å². The second-order valence-electron chi connectivity index (χ2n) is 6.44. The summed E-state index contributed by atoms with van der Waals surface area (Å²) < 4.78 is 0. The molecular weight excluding hydrogens is 350 g/mol. The molecule has 1 amide bonds. The molecule has 0 atom stereocenters.